The second kappa shape index (κ2) is 12.1. The van der Waals surface area contributed by atoms with Crippen molar-refractivity contribution >= 4 is 11.8 Å². The first-order valence-electron chi connectivity index (χ1n) is 6.68. The van der Waals surface area contributed by atoms with Crippen molar-refractivity contribution in [2.24, 2.45) is 0 Å². The van der Waals surface area contributed by atoms with Crippen molar-refractivity contribution in [2.45, 2.75) is 52.4 Å². The number of carbonyl (C=O) groups excluding carboxylic acids is 2. The number of rotatable bonds is 10. The van der Waals surface area contributed by atoms with Crippen molar-refractivity contribution in [1.29, 1.82) is 0 Å². The van der Waals surface area contributed by atoms with Gasteiger partial charge in [-0.3, -0.25) is 9.59 Å². The molecule has 0 saturated heterocycles. The number of carbonyl (C=O) groups is 2. The van der Waals surface area contributed by atoms with E-state index in [0.717, 1.165) is 12.8 Å². The van der Waals surface area contributed by atoms with Crippen molar-refractivity contribution < 1.29 is 14.3 Å². The summed E-state index contributed by atoms with van der Waals surface area (Å²) in [6.45, 7) is 4.38. The monoisotopic (exact) mass is 252 g/mol. The Hall–Kier alpha value is -1.38. The van der Waals surface area contributed by atoms with Gasteiger partial charge in [0.1, 0.15) is 5.78 Å². The summed E-state index contributed by atoms with van der Waals surface area (Å²) in [7, 11) is 0. The fourth-order valence-electron chi connectivity index (χ4n) is 1.34. The van der Waals surface area contributed by atoms with E-state index in [2.05, 4.69) is 0 Å². The van der Waals surface area contributed by atoms with Crippen LogP contribution in [-0.2, 0) is 14.3 Å². The summed E-state index contributed by atoms with van der Waals surface area (Å²) in [6, 6.07) is 0. The molecule has 0 aromatic carbocycles. The van der Waals surface area contributed by atoms with Crippen molar-refractivity contribution in [3.8, 4) is 0 Å². The lowest BCUT2D eigenvalue weighted by atomic mass is 10.1. The lowest BCUT2D eigenvalue weighted by Crippen LogP contribution is -2.06. The molecule has 3 heteroatoms. The molecule has 0 fully saturated rings. The molecule has 0 aliphatic carbocycles. The van der Waals surface area contributed by atoms with Gasteiger partial charge >= 0.3 is 5.97 Å². The molecule has 0 aromatic rings. The van der Waals surface area contributed by atoms with Crippen LogP contribution in [0.1, 0.15) is 52.4 Å². The minimum Gasteiger partial charge on any atom is -0.465 e. The normalized spacial score (nSPS) is 11.2. The Bertz CT molecular complexity index is 260. The van der Waals surface area contributed by atoms with Gasteiger partial charge < -0.3 is 4.74 Å². The molecule has 0 amide bonds. The Kier molecular flexibility index (Phi) is 11.2. The predicted octanol–water partition coefficient (Wildman–Crippen LogP) is 3.59. The molecule has 0 bridgehead atoms. The standard InChI is InChI=1S/C15H24O3/c1-3-5-7-10-14(16)11-9-13-18-15(17)12-8-6-4-2/h5-8H,3-4,9-13H2,1-2H3/b7-5-,8-6-. The number of esters is 1. The van der Waals surface area contributed by atoms with Gasteiger partial charge in [0.05, 0.1) is 13.0 Å². The van der Waals surface area contributed by atoms with Crippen LogP contribution in [0.15, 0.2) is 24.3 Å². The topological polar surface area (TPSA) is 43.4 Å². The molecule has 0 heterocycles. The summed E-state index contributed by atoms with van der Waals surface area (Å²) in [5, 5.41) is 0. The van der Waals surface area contributed by atoms with Crippen LogP contribution in [0.2, 0.25) is 0 Å². The minimum absolute atomic E-state index is 0.196. The quantitative estimate of drug-likeness (QED) is 0.339. The highest BCUT2D eigenvalue weighted by Gasteiger charge is 2.02. The Balaban J connectivity index is 3.49. The molecule has 0 aliphatic heterocycles. The van der Waals surface area contributed by atoms with Crippen LogP contribution in [0.4, 0.5) is 0 Å². The van der Waals surface area contributed by atoms with E-state index in [1.165, 1.54) is 0 Å². The first-order valence-corrected chi connectivity index (χ1v) is 6.68. The highest BCUT2D eigenvalue weighted by atomic mass is 16.5. The van der Waals surface area contributed by atoms with Gasteiger partial charge in [-0.2, -0.15) is 0 Å². The second-order valence-corrected chi connectivity index (χ2v) is 4.03. The second-order valence-electron chi connectivity index (χ2n) is 4.03. The maximum atomic E-state index is 11.4. The van der Waals surface area contributed by atoms with Gasteiger partial charge in [-0.25, -0.2) is 0 Å². The zero-order valence-corrected chi connectivity index (χ0v) is 11.5. The first kappa shape index (κ1) is 16.6. The molecule has 0 aliphatic rings. The largest absolute Gasteiger partial charge is 0.465 e. The smallest absolute Gasteiger partial charge is 0.309 e. The predicted molar refractivity (Wildman–Crippen MR) is 73.3 cm³/mol. The molecule has 0 spiro atoms. The Morgan fingerprint density at radius 2 is 1.56 bits per heavy atom. The molecular formula is C15H24O3. The molecule has 0 rings (SSSR count). The Morgan fingerprint density at radius 3 is 2.17 bits per heavy atom. The van der Waals surface area contributed by atoms with Crippen molar-refractivity contribution in [3.05, 3.63) is 24.3 Å². The Labute approximate surface area is 110 Å². The summed E-state index contributed by atoms with van der Waals surface area (Å²) in [5.74, 6) is -0.0281. The lowest BCUT2D eigenvalue weighted by molar-refractivity contribution is -0.143. The fourth-order valence-corrected chi connectivity index (χ4v) is 1.34. The SMILES string of the molecule is CC/C=C\CC(=O)CCCOC(=O)C/C=C\CC. The zero-order chi connectivity index (χ0) is 13.6. The number of hydrogen-bond donors (Lipinski definition) is 0. The summed E-state index contributed by atoms with van der Waals surface area (Å²) in [5.41, 5.74) is 0. The average molecular weight is 252 g/mol. The van der Waals surface area contributed by atoms with Gasteiger partial charge in [-0.05, 0) is 19.3 Å². The molecule has 0 unspecified atom stereocenters. The summed E-state index contributed by atoms with van der Waals surface area (Å²) in [4.78, 5) is 22.6. The van der Waals surface area contributed by atoms with E-state index in [1.54, 1.807) is 0 Å². The number of hydrogen-bond acceptors (Lipinski definition) is 3. The third-order valence-corrected chi connectivity index (χ3v) is 2.30. The zero-order valence-electron chi connectivity index (χ0n) is 11.5. The Morgan fingerprint density at radius 1 is 0.944 bits per heavy atom. The lowest BCUT2D eigenvalue weighted by Gasteiger charge is -2.02. The van der Waals surface area contributed by atoms with E-state index in [0.29, 0.717) is 32.3 Å². The van der Waals surface area contributed by atoms with E-state index < -0.39 is 0 Å². The highest BCUT2D eigenvalue weighted by Crippen LogP contribution is 1.99. The maximum Gasteiger partial charge on any atom is 0.309 e. The van der Waals surface area contributed by atoms with Gasteiger partial charge in [0, 0.05) is 12.8 Å². The molecule has 0 N–H and O–H groups in total. The van der Waals surface area contributed by atoms with Crippen LogP contribution in [0.25, 0.3) is 0 Å². The van der Waals surface area contributed by atoms with Crippen molar-refractivity contribution in [3.63, 3.8) is 0 Å². The van der Waals surface area contributed by atoms with Crippen molar-refractivity contribution in [2.75, 3.05) is 6.61 Å². The molecule has 102 valence electrons. The van der Waals surface area contributed by atoms with Gasteiger partial charge in [0.25, 0.3) is 0 Å². The summed E-state index contributed by atoms with van der Waals surface area (Å²) in [6.07, 6.45) is 11.4. The van der Waals surface area contributed by atoms with Gasteiger partial charge in [-0.1, -0.05) is 38.2 Å². The molecule has 0 radical (unpaired) electrons. The third kappa shape index (κ3) is 11.1. The van der Waals surface area contributed by atoms with Crippen LogP contribution in [0, 0.1) is 0 Å². The number of allylic oxidation sites excluding steroid dienone is 3. The van der Waals surface area contributed by atoms with Gasteiger partial charge in [0.15, 0.2) is 0 Å². The number of Topliss-reactive ketones (excluding diaryl/α,β-unsaturated/α-hetero) is 1. The molecule has 0 atom stereocenters. The number of ketones is 1. The summed E-state index contributed by atoms with van der Waals surface area (Å²) < 4.78 is 5.00. The minimum atomic E-state index is -0.224. The third-order valence-electron chi connectivity index (χ3n) is 2.30. The maximum absolute atomic E-state index is 11.4. The van der Waals surface area contributed by atoms with Crippen LogP contribution in [0.5, 0.6) is 0 Å². The van der Waals surface area contributed by atoms with E-state index in [9.17, 15) is 9.59 Å². The summed E-state index contributed by atoms with van der Waals surface area (Å²) >= 11 is 0. The van der Waals surface area contributed by atoms with Gasteiger partial charge in [-0.15, -0.1) is 0 Å². The van der Waals surface area contributed by atoms with E-state index in [4.69, 9.17) is 4.74 Å². The molecule has 0 aromatic heterocycles. The molecule has 0 saturated carbocycles. The fraction of sp³-hybridized carbons (Fsp3) is 0.600. The van der Waals surface area contributed by atoms with Crippen LogP contribution >= 0.6 is 0 Å². The number of ether oxygens (including phenoxy) is 1. The molecule has 18 heavy (non-hydrogen) atoms. The van der Waals surface area contributed by atoms with Crippen LogP contribution < -0.4 is 0 Å². The first-order chi connectivity index (χ1) is 8.70. The molecular weight excluding hydrogens is 228 g/mol. The van der Waals surface area contributed by atoms with E-state index in [-0.39, 0.29) is 11.8 Å². The van der Waals surface area contributed by atoms with E-state index >= 15 is 0 Å². The van der Waals surface area contributed by atoms with Gasteiger partial charge in [0.2, 0.25) is 0 Å². The molecule has 3 nitrogen and oxygen atoms in total. The average Bonchev–Trinajstić information content (AvgIpc) is 2.35. The highest BCUT2D eigenvalue weighted by molar-refractivity contribution is 5.79. The van der Waals surface area contributed by atoms with Crippen LogP contribution in [-0.4, -0.2) is 18.4 Å². The van der Waals surface area contributed by atoms with E-state index in [1.807, 2.05) is 38.2 Å². The van der Waals surface area contributed by atoms with Crippen LogP contribution in [0.3, 0.4) is 0 Å². The van der Waals surface area contributed by atoms with Crippen molar-refractivity contribution in [1.82, 2.24) is 0 Å².